The summed E-state index contributed by atoms with van der Waals surface area (Å²) in [6.45, 7) is 5.93. The van der Waals surface area contributed by atoms with Crippen LogP contribution in [0.15, 0.2) is 12.1 Å². The van der Waals surface area contributed by atoms with Crippen molar-refractivity contribution in [3.8, 4) is 5.75 Å². The van der Waals surface area contributed by atoms with Gasteiger partial charge in [0.1, 0.15) is 18.5 Å². The van der Waals surface area contributed by atoms with Crippen molar-refractivity contribution >= 4 is 17.1 Å². The van der Waals surface area contributed by atoms with Gasteiger partial charge >= 0.3 is 0 Å². The number of aliphatic hydroxyl groups is 2. The van der Waals surface area contributed by atoms with Crippen LogP contribution in [0.1, 0.15) is 75.0 Å². The molecule has 1 heterocycles. The van der Waals surface area contributed by atoms with Crippen molar-refractivity contribution < 1.29 is 19.7 Å². The van der Waals surface area contributed by atoms with E-state index in [1.807, 2.05) is 13.8 Å². The van der Waals surface area contributed by atoms with E-state index in [1.165, 1.54) is 41.7 Å². The lowest BCUT2D eigenvalue weighted by atomic mass is 9.81. The Balaban J connectivity index is 1.44. The standard InChI is InChI=1S/C26H34O4S/c1-4-23-21-13-26(9-10-26)8-7-20(21)25(31-23)22(29)6-5-18-11-16(2)24(17(3)12-18)30-15-19(28)14-27/h11-12,19,27-28H,4-10,13-15H2,1-3H3/t19-/m0/s1. The molecule has 0 radical (unpaired) electrons. The zero-order valence-corrected chi connectivity index (χ0v) is 19.7. The molecule has 0 aliphatic heterocycles. The van der Waals surface area contributed by atoms with Gasteiger partial charge in [-0.3, -0.25) is 4.79 Å². The van der Waals surface area contributed by atoms with Gasteiger partial charge in [0.2, 0.25) is 0 Å². The minimum Gasteiger partial charge on any atom is -0.490 e. The van der Waals surface area contributed by atoms with E-state index in [1.54, 1.807) is 11.3 Å². The number of thiophene rings is 1. The van der Waals surface area contributed by atoms with Crippen molar-refractivity contribution in [3.05, 3.63) is 49.7 Å². The number of fused-ring (bicyclic) bond motifs is 1. The van der Waals surface area contributed by atoms with Gasteiger partial charge in [-0.1, -0.05) is 19.1 Å². The number of carbonyl (C=O) groups is 1. The van der Waals surface area contributed by atoms with Crippen LogP contribution in [0.3, 0.4) is 0 Å². The second-order valence-corrected chi connectivity index (χ2v) is 10.6. The fraction of sp³-hybridized carbons (Fsp3) is 0.577. The zero-order valence-electron chi connectivity index (χ0n) is 18.9. The molecule has 5 heteroatoms. The van der Waals surface area contributed by atoms with E-state index in [4.69, 9.17) is 9.84 Å². The highest BCUT2D eigenvalue weighted by Gasteiger charge is 2.46. The van der Waals surface area contributed by atoms with Gasteiger partial charge < -0.3 is 14.9 Å². The molecule has 1 aromatic carbocycles. The molecule has 2 aliphatic rings. The van der Waals surface area contributed by atoms with Crippen molar-refractivity contribution in [2.45, 2.75) is 78.2 Å². The number of carbonyl (C=O) groups excluding carboxylic acids is 1. The number of hydrogen-bond acceptors (Lipinski definition) is 5. The summed E-state index contributed by atoms with van der Waals surface area (Å²) in [4.78, 5) is 15.6. The third-order valence-electron chi connectivity index (χ3n) is 6.98. The maximum atomic E-state index is 13.2. The van der Waals surface area contributed by atoms with Gasteiger partial charge in [0.05, 0.1) is 11.5 Å². The Bertz CT molecular complexity index is 947. The van der Waals surface area contributed by atoms with Crippen molar-refractivity contribution in [1.29, 1.82) is 0 Å². The number of Topliss-reactive ketones (excluding diaryl/α,β-unsaturated/α-hetero) is 1. The van der Waals surface area contributed by atoms with E-state index in [0.717, 1.165) is 46.6 Å². The molecular formula is C26H34O4S. The third kappa shape index (κ3) is 4.74. The first kappa shape index (κ1) is 22.5. The second-order valence-electron chi connectivity index (χ2n) is 9.47. The monoisotopic (exact) mass is 442 g/mol. The summed E-state index contributed by atoms with van der Waals surface area (Å²) in [6, 6.07) is 4.14. The number of hydrogen-bond donors (Lipinski definition) is 2. The second kappa shape index (κ2) is 9.05. The number of aryl methyl sites for hydroxylation is 4. The summed E-state index contributed by atoms with van der Waals surface area (Å²) in [5, 5.41) is 18.5. The highest BCUT2D eigenvalue weighted by molar-refractivity contribution is 7.14. The maximum Gasteiger partial charge on any atom is 0.173 e. The van der Waals surface area contributed by atoms with E-state index in [9.17, 15) is 9.90 Å². The first-order valence-electron chi connectivity index (χ1n) is 11.5. The zero-order chi connectivity index (χ0) is 22.2. The smallest absolute Gasteiger partial charge is 0.173 e. The topological polar surface area (TPSA) is 66.8 Å². The minimum absolute atomic E-state index is 0.0700. The summed E-state index contributed by atoms with van der Waals surface area (Å²) in [6.07, 6.45) is 7.67. The third-order valence-corrected chi connectivity index (χ3v) is 8.44. The number of ketones is 1. The predicted octanol–water partition coefficient (Wildman–Crippen LogP) is 4.74. The molecule has 0 amide bonds. The molecule has 2 N–H and O–H groups in total. The summed E-state index contributed by atoms with van der Waals surface area (Å²) in [7, 11) is 0. The van der Waals surface area contributed by atoms with E-state index < -0.39 is 6.10 Å². The van der Waals surface area contributed by atoms with Crippen LogP contribution in [0.5, 0.6) is 5.75 Å². The molecule has 0 unspecified atom stereocenters. The van der Waals surface area contributed by atoms with Crippen molar-refractivity contribution in [3.63, 3.8) is 0 Å². The molecule has 168 valence electrons. The van der Waals surface area contributed by atoms with Gasteiger partial charge in [-0.15, -0.1) is 11.3 Å². The minimum atomic E-state index is -0.879. The number of benzene rings is 1. The van der Waals surface area contributed by atoms with Crippen LogP contribution in [0.4, 0.5) is 0 Å². The summed E-state index contributed by atoms with van der Waals surface area (Å²) in [5.41, 5.74) is 6.56. The molecule has 4 rings (SSSR count). The highest BCUT2D eigenvalue weighted by atomic mass is 32.1. The van der Waals surface area contributed by atoms with Gasteiger partial charge in [-0.2, -0.15) is 0 Å². The van der Waals surface area contributed by atoms with Crippen LogP contribution in [0.25, 0.3) is 0 Å². The molecule has 31 heavy (non-hydrogen) atoms. The molecule has 0 bridgehead atoms. The Hall–Kier alpha value is -1.69. The maximum absolute atomic E-state index is 13.2. The Morgan fingerprint density at radius 3 is 2.52 bits per heavy atom. The highest BCUT2D eigenvalue weighted by Crippen LogP contribution is 2.56. The van der Waals surface area contributed by atoms with Gasteiger partial charge in [0, 0.05) is 11.3 Å². The van der Waals surface area contributed by atoms with Gasteiger partial charge in [-0.05, 0) is 92.0 Å². The molecule has 1 atom stereocenters. The van der Waals surface area contributed by atoms with Crippen LogP contribution >= 0.6 is 11.3 Å². The Labute approximate surface area is 189 Å². The Kier molecular flexibility index (Phi) is 6.57. The summed E-state index contributed by atoms with van der Waals surface area (Å²) < 4.78 is 5.69. The van der Waals surface area contributed by atoms with E-state index in [2.05, 4.69) is 19.1 Å². The average molecular weight is 443 g/mol. The van der Waals surface area contributed by atoms with Gasteiger partial charge in [0.25, 0.3) is 0 Å². The van der Waals surface area contributed by atoms with E-state index in [-0.39, 0.29) is 19.0 Å². The molecule has 1 fully saturated rings. The van der Waals surface area contributed by atoms with Crippen molar-refractivity contribution in [2.24, 2.45) is 5.41 Å². The average Bonchev–Trinajstić information content (AvgIpc) is 3.40. The lowest BCUT2D eigenvalue weighted by molar-refractivity contribution is 0.0531. The fourth-order valence-electron chi connectivity index (χ4n) is 5.00. The number of aliphatic hydroxyl groups excluding tert-OH is 2. The first-order valence-corrected chi connectivity index (χ1v) is 12.4. The molecule has 1 aromatic heterocycles. The van der Waals surface area contributed by atoms with Crippen LogP contribution in [-0.2, 0) is 25.7 Å². The molecule has 4 nitrogen and oxygen atoms in total. The van der Waals surface area contributed by atoms with Crippen LogP contribution < -0.4 is 4.74 Å². The Morgan fingerprint density at radius 1 is 1.19 bits per heavy atom. The largest absolute Gasteiger partial charge is 0.490 e. The quantitative estimate of drug-likeness (QED) is 0.550. The van der Waals surface area contributed by atoms with E-state index in [0.29, 0.717) is 11.8 Å². The summed E-state index contributed by atoms with van der Waals surface area (Å²) in [5.74, 6) is 1.03. The van der Waals surface area contributed by atoms with Crippen LogP contribution in [-0.4, -0.2) is 35.3 Å². The van der Waals surface area contributed by atoms with Crippen molar-refractivity contribution in [2.75, 3.05) is 13.2 Å². The summed E-state index contributed by atoms with van der Waals surface area (Å²) >= 11 is 1.75. The predicted molar refractivity (Wildman–Crippen MR) is 125 cm³/mol. The lowest BCUT2D eigenvalue weighted by Crippen LogP contribution is -2.21. The van der Waals surface area contributed by atoms with Gasteiger partial charge in [-0.25, -0.2) is 0 Å². The number of rotatable bonds is 9. The van der Waals surface area contributed by atoms with Crippen LogP contribution in [0, 0.1) is 19.3 Å². The van der Waals surface area contributed by atoms with Crippen molar-refractivity contribution in [1.82, 2.24) is 0 Å². The SMILES string of the molecule is CCc1sc(C(=O)CCc2cc(C)c(OC[C@@H](O)CO)c(C)c2)c2c1CC1(CC2)CC1. The molecule has 2 aliphatic carbocycles. The number of ether oxygens (including phenoxy) is 1. The van der Waals surface area contributed by atoms with E-state index >= 15 is 0 Å². The van der Waals surface area contributed by atoms with Crippen LogP contribution in [0.2, 0.25) is 0 Å². The first-order chi connectivity index (χ1) is 14.9. The molecular weight excluding hydrogens is 408 g/mol. The normalized spacial score (nSPS) is 17.5. The molecule has 1 spiro atoms. The van der Waals surface area contributed by atoms with Gasteiger partial charge in [0.15, 0.2) is 5.78 Å². The Morgan fingerprint density at radius 2 is 1.90 bits per heavy atom. The molecule has 2 aromatic rings. The lowest BCUT2D eigenvalue weighted by Gasteiger charge is -2.23. The molecule has 1 saturated carbocycles. The molecule has 0 saturated heterocycles. The fourth-order valence-corrected chi connectivity index (χ4v) is 6.28.